The first-order chi connectivity index (χ1) is 24.2. The summed E-state index contributed by atoms with van der Waals surface area (Å²) in [5.74, 6) is -5.04. The predicted molar refractivity (Wildman–Crippen MR) is 192 cm³/mol. The van der Waals surface area contributed by atoms with E-state index in [2.05, 4.69) is 21.3 Å². The summed E-state index contributed by atoms with van der Waals surface area (Å²) in [5, 5.41) is 30.5. The number of hydrogen-bond donors (Lipinski definition) is 9. The second-order valence-electron chi connectivity index (χ2n) is 13.6. The van der Waals surface area contributed by atoms with Crippen LogP contribution in [0.2, 0.25) is 0 Å². The van der Waals surface area contributed by atoms with E-state index in [9.17, 15) is 39.0 Å². The molecule has 0 spiro atoms. The molecular weight excluding hydrogens is 658 g/mol. The Morgan fingerprint density at radius 2 is 1.39 bits per heavy atom. The number of phenolic OH excluding ortho intramolecular Hbond substituents is 1. The molecule has 15 nitrogen and oxygen atoms in total. The normalized spacial score (nSPS) is 21.5. The van der Waals surface area contributed by atoms with Crippen molar-refractivity contribution in [1.29, 1.82) is 0 Å². The van der Waals surface area contributed by atoms with Crippen LogP contribution in [0.1, 0.15) is 83.6 Å². The van der Waals surface area contributed by atoms with Gasteiger partial charge in [0.05, 0.1) is 18.0 Å². The van der Waals surface area contributed by atoms with E-state index in [1.165, 1.54) is 12.1 Å². The van der Waals surface area contributed by atoms with Gasteiger partial charge in [0, 0.05) is 6.42 Å². The molecule has 15 heteroatoms. The smallest absolute Gasteiger partial charge is 0.306 e. The van der Waals surface area contributed by atoms with Crippen molar-refractivity contribution in [2.75, 3.05) is 13.1 Å². The molecule has 0 bridgehead atoms. The molecule has 1 aliphatic rings. The second-order valence-corrected chi connectivity index (χ2v) is 13.6. The lowest BCUT2D eigenvalue weighted by atomic mass is 9.89. The molecule has 1 heterocycles. The van der Waals surface area contributed by atoms with Gasteiger partial charge in [0.15, 0.2) is 5.78 Å². The summed E-state index contributed by atoms with van der Waals surface area (Å²) in [7, 11) is 0. The number of amides is 4. The number of carbonyl (C=O) groups excluding carboxylic acids is 5. The standard InChI is InChI=1S/C36H57N7O8/c1-22(2)19-24(36(50)51)21-31(45)30(20-23-13-15-25(44)16-14-23)43-35(49)28-10-4-3-9-26(39)32(46)40-27(11-5-7-17-37)33(47)42-29(34(48)41-28)12-6-8-18-38/h3-4,13-16,22,24,26-30,44H,5-12,17-21,37-39H2,1-2H3,(H,40,46)(H,41,48)(H,42,47)(H,43,49)(H,50,51)/t24-,26+,27+,28+,29+,30+/m1/s1. The van der Waals surface area contributed by atoms with E-state index in [4.69, 9.17) is 17.2 Å². The Labute approximate surface area is 299 Å². The molecular formula is C36H57N7O8. The number of Topliss-reactive ketones (excluding diaryl/α,β-unsaturated/α-hetero) is 1. The zero-order valence-corrected chi connectivity index (χ0v) is 29.8. The van der Waals surface area contributed by atoms with Gasteiger partial charge < -0.3 is 48.7 Å². The van der Waals surface area contributed by atoms with Gasteiger partial charge in [0.1, 0.15) is 23.9 Å². The molecule has 0 saturated carbocycles. The highest BCUT2D eigenvalue weighted by Gasteiger charge is 2.33. The Bertz CT molecular complexity index is 1340. The number of ketones is 1. The van der Waals surface area contributed by atoms with Crippen molar-refractivity contribution in [2.24, 2.45) is 29.0 Å². The first-order valence-electron chi connectivity index (χ1n) is 17.8. The Kier molecular flexibility index (Phi) is 18.9. The first kappa shape index (κ1) is 42.8. The molecule has 12 N–H and O–H groups in total. The van der Waals surface area contributed by atoms with E-state index in [0.717, 1.165) is 0 Å². The number of rotatable bonds is 18. The van der Waals surface area contributed by atoms with Crippen LogP contribution in [0.5, 0.6) is 5.75 Å². The average Bonchev–Trinajstić information content (AvgIpc) is 3.08. The molecule has 0 radical (unpaired) electrons. The number of benzene rings is 1. The van der Waals surface area contributed by atoms with Gasteiger partial charge in [-0.2, -0.15) is 0 Å². The van der Waals surface area contributed by atoms with Crippen LogP contribution < -0.4 is 38.5 Å². The molecule has 51 heavy (non-hydrogen) atoms. The number of unbranched alkanes of at least 4 members (excludes halogenated alkanes) is 2. The van der Waals surface area contributed by atoms with Gasteiger partial charge in [-0.3, -0.25) is 28.8 Å². The zero-order chi connectivity index (χ0) is 37.9. The number of carboxylic acids is 1. The Hall–Kier alpha value is -4.34. The van der Waals surface area contributed by atoms with Crippen LogP contribution in [0.3, 0.4) is 0 Å². The number of nitrogens with one attached hydrogen (secondary N) is 4. The maximum Gasteiger partial charge on any atom is 0.306 e. The van der Waals surface area contributed by atoms with Crippen molar-refractivity contribution < 1.29 is 39.0 Å². The Morgan fingerprint density at radius 3 is 1.94 bits per heavy atom. The molecule has 0 saturated heterocycles. The maximum absolute atomic E-state index is 13.9. The highest BCUT2D eigenvalue weighted by atomic mass is 16.4. The number of carboxylic acid groups (broad SMARTS) is 1. The summed E-state index contributed by atoms with van der Waals surface area (Å²) in [6.07, 6.45) is 5.90. The lowest BCUT2D eigenvalue weighted by molar-refractivity contribution is -0.144. The quantitative estimate of drug-likeness (QED) is 0.0747. The van der Waals surface area contributed by atoms with Crippen LogP contribution in [0.4, 0.5) is 0 Å². The minimum absolute atomic E-state index is 0.00264. The Morgan fingerprint density at radius 1 is 0.843 bits per heavy atom. The van der Waals surface area contributed by atoms with Gasteiger partial charge >= 0.3 is 5.97 Å². The van der Waals surface area contributed by atoms with Crippen LogP contribution >= 0.6 is 0 Å². The SMILES string of the molecule is CC(C)C[C@H](CC(=O)[C@H](Cc1ccc(O)cc1)NC(=O)[C@@H]1CC=CC[C@H](N)C(=O)N[C@@H](CCCCN)C(=O)N[C@@H](CCCCN)C(=O)N1)C(=O)O. The monoisotopic (exact) mass is 715 g/mol. The fourth-order valence-electron chi connectivity index (χ4n) is 5.77. The molecule has 284 valence electrons. The summed E-state index contributed by atoms with van der Waals surface area (Å²) in [4.78, 5) is 79.7. The molecule has 0 aliphatic carbocycles. The van der Waals surface area contributed by atoms with Gasteiger partial charge in [0.2, 0.25) is 23.6 Å². The largest absolute Gasteiger partial charge is 0.508 e. The predicted octanol–water partition coefficient (Wildman–Crippen LogP) is 0.515. The molecule has 6 atom stereocenters. The molecule has 1 aromatic rings. The van der Waals surface area contributed by atoms with Crippen molar-refractivity contribution in [2.45, 2.75) is 115 Å². The summed E-state index contributed by atoms with van der Waals surface area (Å²) in [6.45, 7) is 4.48. The third kappa shape index (κ3) is 15.6. The van der Waals surface area contributed by atoms with E-state index < -0.39 is 71.5 Å². The van der Waals surface area contributed by atoms with Crippen molar-refractivity contribution in [1.82, 2.24) is 21.3 Å². The van der Waals surface area contributed by atoms with E-state index >= 15 is 0 Å². The van der Waals surface area contributed by atoms with Gasteiger partial charge in [-0.1, -0.05) is 38.1 Å². The molecule has 2 rings (SSSR count). The van der Waals surface area contributed by atoms with Crippen LogP contribution in [-0.4, -0.2) is 88.9 Å². The van der Waals surface area contributed by atoms with Crippen molar-refractivity contribution in [3.8, 4) is 5.75 Å². The minimum atomic E-state index is -1.21. The molecule has 0 aromatic heterocycles. The van der Waals surface area contributed by atoms with Crippen LogP contribution in [0.25, 0.3) is 0 Å². The van der Waals surface area contributed by atoms with Crippen LogP contribution in [0.15, 0.2) is 36.4 Å². The third-order valence-electron chi connectivity index (χ3n) is 8.69. The summed E-state index contributed by atoms with van der Waals surface area (Å²) in [5.41, 5.74) is 18.0. The molecule has 1 aliphatic heterocycles. The van der Waals surface area contributed by atoms with Crippen molar-refractivity contribution >= 4 is 35.4 Å². The van der Waals surface area contributed by atoms with Crippen molar-refractivity contribution in [3.63, 3.8) is 0 Å². The first-order valence-corrected chi connectivity index (χ1v) is 17.8. The summed E-state index contributed by atoms with van der Waals surface area (Å²) < 4.78 is 0. The third-order valence-corrected chi connectivity index (χ3v) is 8.69. The fraction of sp³-hybridized carbons (Fsp3) is 0.611. The second kappa shape index (κ2) is 22.5. The summed E-state index contributed by atoms with van der Waals surface area (Å²) >= 11 is 0. The minimum Gasteiger partial charge on any atom is -0.508 e. The number of nitrogens with two attached hydrogens (primary N) is 3. The number of aliphatic carboxylic acids is 1. The zero-order valence-electron chi connectivity index (χ0n) is 29.8. The molecule has 4 amide bonds. The summed E-state index contributed by atoms with van der Waals surface area (Å²) in [6, 6.07) is 0.658. The highest BCUT2D eigenvalue weighted by molar-refractivity contribution is 5.96. The number of carbonyl (C=O) groups is 6. The lowest BCUT2D eigenvalue weighted by Gasteiger charge is -2.27. The highest BCUT2D eigenvalue weighted by Crippen LogP contribution is 2.19. The fourth-order valence-corrected chi connectivity index (χ4v) is 5.77. The molecule has 0 unspecified atom stereocenters. The van der Waals surface area contributed by atoms with E-state index in [1.54, 1.807) is 24.3 Å². The topological polar surface area (TPSA) is 269 Å². The maximum atomic E-state index is 13.9. The van der Waals surface area contributed by atoms with Crippen molar-refractivity contribution in [3.05, 3.63) is 42.0 Å². The van der Waals surface area contributed by atoms with Gasteiger partial charge in [-0.15, -0.1) is 0 Å². The van der Waals surface area contributed by atoms with Crippen LogP contribution in [-0.2, 0) is 35.2 Å². The number of hydrogen-bond acceptors (Lipinski definition) is 10. The van der Waals surface area contributed by atoms with Gasteiger partial charge in [-0.25, -0.2) is 0 Å². The van der Waals surface area contributed by atoms with E-state index in [1.807, 2.05) is 13.8 Å². The van der Waals surface area contributed by atoms with E-state index in [0.29, 0.717) is 44.3 Å². The molecule has 1 aromatic carbocycles. The number of phenols is 1. The Balaban J connectivity index is 2.43. The molecule has 0 fully saturated rings. The van der Waals surface area contributed by atoms with E-state index in [-0.39, 0.29) is 56.6 Å². The van der Waals surface area contributed by atoms with Gasteiger partial charge in [0.25, 0.3) is 0 Å². The lowest BCUT2D eigenvalue weighted by Crippen LogP contribution is -2.58. The number of aromatic hydroxyl groups is 1. The average molecular weight is 716 g/mol. The van der Waals surface area contributed by atoms with Crippen LogP contribution in [0, 0.1) is 11.8 Å². The van der Waals surface area contributed by atoms with Gasteiger partial charge in [-0.05, 0) is 101 Å².